The lowest BCUT2D eigenvalue weighted by Gasteiger charge is -2.08. The molecule has 4 heteroatoms. The Labute approximate surface area is 155 Å². The van der Waals surface area contributed by atoms with Gasteiger partial charge in [0.2, 0.25) is 0 Å². The summed E-state index contributed by atoms with van der Waals surface area (Å²) in [5, 5.41) is 2.99. The third-order valence-electron chi connectivity index (χ3n) is 4.58. The van der Waals surface area contributed by atoms with E-state index in [1.165, 1.54) is 11.3 Å². The molecule has 0 radical (unpaired) electrons. The molecule has 0 fully saturated rings. The van der Waals surface area contributed by atoms with Crippen molar-refractivity contribution >= 4 is 16.9 Å². The molecule has 3 aromatic rings. The summed E-state index contributed by atoms with van der Waals surface area (Å²) in [7, 11) is 0. The summed E-state index contributed by atoms with van der Waals surface area (Å²) < 4.78 is 2.35. The molecule has 3 rings (SSSR count). The molecule has 1 aromatic heterocycles. The van der Waals surface area contributed by atoms with Crippen molar-refractivity contribution in [3.05, 3.63) is 66.0 Å². The molecule has 26 heavy (non-hydrogen) atoms. The van der Waals surface area contributed by atoms with Crippen molar-refractivity contribution in [1.29, 1.82) is 0 Å². The van der Waals surface area contributed by atoms with Crippen molar-refractivity contribution in [2.24, 2.45) is 0 Å². The number of hydrogen-bond donors (Lipinski definition) is 1. The van der Waals surface area contributed by atoms with Gasteiger partial charge in [-0.1, -0.05) is 43.7 Å². The molecule has 1 amide bonds. The molecule has 0 spiro atoms. The topological polar surface area (TPSA) is 46.9 Å². The molecule has 136 valence electrons. The van der Waals surface area contributed by atoms with Crippen molar-refractivity contribution in [1.82, 2.24) is 14.9 Å². The maximum atomic E-state index is 12.0. The molecule has 0 bridgehead atoms. The van der Waals surface area contributed by atoms with Crippen LogP contribution >= 0.6 is 0 Å². The van der Waals surface area contributed by atoms with Crippen molar-refractivity contribution in [2.45, 2.75) is 45.6 Å². The fourth-order valence-corrected chi connectivity index (χ4v) is 3.27. The van der Waals surface area contributed by atoms with Gasteiger partial charge < -0.3 is 9.88 Å². The number of para-hydroxylation sites is 2. The first-order chi connectivity index (χ1) is 12.8. The standard InChI is InChI=1S/C22H27N3O/c1-2-17-25-20-14-9-8-13-19(20)24-21(25)15-7-4-10-16-23-22(26)18-11-5-3-6-12-18/h3,5-6,8-9,11-14H,2,4,7,10,15-17H2,1H3,(H,23,26). The van der Waals surface area contributed by atoms with Gasteiger partial charge in [0.05, 0.1) is 11.0 Å². The summed E-state index contributed by atoms with van der Waals surface area (Å²) in [5.74, 6) is 1.19. The predicted octanol–water partition coefficient (Wildman–Crippen LogP) is 4.59. The van der Waals surface area contributed by atoms with E-state index in [0.29, 0.717) is 0 Å². The first-order valence-electron chi connectivity index (χ1n) is 9.57. The Hall–Kier alpha value is -2.62. The van der Waals surface area contributed by atoms with Crippen LogP contribution in [0, 0.1) is 0 Å². The molecule has 2 aromatic carbocycles. The van der Waals surface area contributed by atoms with Gasteiger partial charge in [-0.05, 0) is 43.5 Å². The average Bonchev–Trinajstić information content (AvgIpc) is 3.03. The second kappa shape index (κ2) is 9.18. The molecule has 1 heterocycles. The first kappa shape index (κ1) is 18.2. The number of carbonyl (C=O) groups is 1. The van der Waals surface area contributed by atoms with Crippen LogP contribution in [0.3, 0.4) is 0 Å². The van der Waals surface area contributed by atoms with Crippen molar-refractivity contribution < 1.29 is 4.79 Å². The van der Waals surface area contributed by atoms with Gasteiger partial charge in [0, 0.05) is 25.1 Å². The third kappa shape index (κ3) is 4.51. The number of carbonyl (C=O) groups excluding carboxylic acids is 1. The summed E-state index contributed by atoms with van der Waals surface area (Å²) in [5.41, 5.74) is 3.05. The molecule has 0 aliphatic heterocycles. The van der Waals surface area contributed by atoms with E-state index in [9.17, 15) is 4.79 Å². The predicted molar refractivity (Wildman–Crippen MR) is 106 cm³/mol. The Balaban J connectivity index is 1.44. The molecule has 0 saturated heterocycles. The summed E-state index contributed by atoms with van der Waals surface area (Å²) in [6, 6.07) is 17.7. The van der Waals surface area contributed by atoms with Crippen LogP contribution in [0.1, 0.15) is 48.8 Å². The highest BCUT2D eigenvalue weighted by Gasteiger charge is 2.09. The van der Waals surface area contributed by atoms with E-state index in [1.54, 1.807) is 0 Å². The number of aryl methyl sites for hydroxylation is 2. The summed E-state index contributed by atoms with van der Waals surface area (Å²) in [6.07, 6.45) is 5.27. The van der Waals surface area contributed by atoms with Crippen LogP contribution in [0.15, 0.2) is 54.6 Å². The van der Waals surface area contributed by atoms with Crippen molar-refractivity contribution in [2.75, 3.05) is 6.54 Å². The van der Waals surface area contributed by atoms with Crippen LogP contribution in [0.2, 0.25) is 0 Å². The third-order valence-corrected chi connectivity index (χ3v) is 4.58. The van der Waals surface area contributed by atoms with Gasteiger partial charge in [-0.3, -0.25) is 4.79 Å². The van der Waals surface area contributed by atoms with Crippen LogP contribution in [-0.4, -0.2) is 22.0 Å². The van der Waals surface area contributed by atoms with E-state index >= 15 is 0 Å². The Morgan fingerprint density at radius 3 is 2.58 bits per heavy atom. The largest absolute Gasteiger partial charge is 0.352 e. The highest BCUT2D eigenvalue weighted by molar-refractivity contribution is 5.94. The summed E-state index contributed by atoms with van der Waals surface area (Å²) in [4.78, 5) is 16.8. The van der Waals surface area contributed by atoms with Gasteiger partial charge in [0.15, 0.2) is 0 Å². The number of aromatic nitrogens is 2. The Morgan fingerprint density at radius 2 is 1.77 bits per heavy atom. The zero-order valence-electron chi connectivity index (χ0n) is 15.4. The number of hydrogen-bond acceptors (Lipinski definition) is 2. The summed E-state index contributed by atoms with van der Waals surface area (Å²) in [6.45, 7) is 3.94. The van der Waals surface area contributed by atoms with Gasteiger partial charge in [0.1, 0.15) is 5.82 Å². The van der Waals surface area contributed by atoms with E-state index in [0.717, 1.165) is 56.3 Å². The molecule has 0 saturated carbocycles. The van der Waals surface area contributed by atoms with Crippen LogP contribution in [0.5, 0.6) is 0 Å². The van der Waals surface area contributed by atoms with Crippen molar-refractivity contribution in [3.8, 4) is 0 Å². The molecule has 0 atom stereocenters. The number of amides is 1. The van der Waals surface area contributed by atoms with Crippen LogP contribution in [0.4, 0.5) is 0 Å². The minimum Gasteiger partial charge on any atom is -0.352 e. The number of unbranched alkanes of at least 4 members (excludes halogenated alkanes) is 2. The monoisotopic (exact) mass is 349 g/mol. The van der Waals surface area contributed by atoms with E-state index in [2.05, 4.69) is 35.0 Å². The lowest BCUT2D eigenvalue weighted by molar-refractivity contribution is 0.0953. The highest BCUT2D eigenvalue weighted by atomic mass is 16.1. The molecule has 0 aliphatic rings. The fourth-order valence-electron chi connectivity index (χ4n) is 3.27. The maximum absolute atomic E-state index is 12.0. The van der Waals surface area contributed by atoms with Gasteiger partial charge >= 0.3 is 0 Å². The van der Waals surface area contributed by atoms with Gasteiger partial charge in [-0.15, -0.1) is 0 Å². The lowest BCUT2D eigenvalue weighted by Crippen LogP contribution is -2.24. The molecule has 0 aliphatic carbocycles. The number of nitrogens with zero attached hydrogens (tertiary/aromatic N) is 2. The van der Waals surface area contributed by atoms with Gasteiger partial charge in [0.25, 0.3) is 5.91 Å². The van der Waals surface area contributed by atoms with E-state index in [1.807, 2.05) is 36.4 Å². The second-order valence-corrected chi connectivity index (χ2v) is 6.60. The van der Waals surface area contributed by atoms with Crippen LogP contribution in [0.25, 0.3) is 11.0 Å². The zero-order chi connectivity index (χ0) is 18.2. The number of benzene rings is 2. The van der Waals surface area contributed by atoms with E-state index < -0.39 is 0 Å². The van der Waals surface area contributed by atoms with Crippen LogP contribution in [-0.2, 0) is 13.0 Å². The molecular formula is C22H27N3O. The minimum atomic E-state index is 0.00957. The van der Waals surface area contributed by atoms with Gasteiger partial charge in [-0.2, -0.15) is 0 Å². The lowest BCUT2D eigenvalue weighted by atomic mass is 10.1. The SMILES string of the molecule is CCCn1c(CCCCCNC(=O)c2ccccc2)nc2ccccc21. The van der Waals surface area contributed by atoms with Crippen LogP contribution < -0.4 is 5.32 Å². The smallest absolute Gasteiger partial charge is 0.251 e. The molecule has 1 N–H and O–H groups in total. The minimum absolute atomic E-state index is 0.00957. The zero-order valence-corrected chi connectivity index (χ0v) is 15.4. The normalized spacial score (nSPS) is 11.0. The number of rotatable bonds is 9. The quantitative estimate of drug-likeness (QED) is 0.574. The molecule has 0 unspecified atom stereocenters. The van der Waals surface area contributed by atoms with Crippen molar-refractivity contribution in [3.63, 3.8) is 0 Å². The molecular weight excluding hydrogens is 322 g/mol. The fraction of sp³-hybridized carbons (Fsp3) is 0.364. The average molecular weight is 349 g/mol. The van der Waals surface area contributed by atoms with E-state index in [4.69, 9.17) is 4.98 Å². The van der Waals surface area contributed by atoms with Gasteiger partial charge in [-0.25, -0.2) is 4.98 Å². The second-order valence-electron chi connectivity index (χ2n) is 6.60. The Kier molecular flexibility index (Phi) is 6.42. The highest BCUT2D eigenvalue weighted by Crippen LogP contribution is 2.18. The maximum Gasteiger partial charge on any atom is 0.251 e. The first-order valence-corrected chi connectivity index (χ1v) is 9.57. The summed E-state index contributed by atoms with van der Waals surface area (Å²) >= 11 is 0. The van der Waals surface area contributed by atoms with E-state index in [-0.39, 0.29) is 5.91 Å². The number of fused-ring (bicyclic) bond motifs is 1. The Morgan fingerprint density at radius 1 is 1.00 bits per heavy atom. The Bertz CT molecular complexity index is 839. The molecule has 4 nitrogen and oxygen atoms in total. The number of nitrogens with one attached hydrogen (secondary N) is 1. The number of imidazole rings is 1.